The highest BCUT2D eigenvalue weighted by molar-refractivity contribution is 5.86. The van der Waals surface area contributed by atoms with Gasteiger partial charge in [-0.3, -0.25) is 10.2 Å². The molecule has 2 aromatic rings. The van der Waals surface area contributed by atoms with Crippen LogP contribution in [0.15, 0.2) is 42.5 Å². The molecule has 5 heteroatoms. The van der Waals surface area contributed by atoms with Gasteiger partial charge in [-0.25, -0.2) is 4.79 Å². The average molecular weight is 351 g/mol. The molecule has 2 unspecified atom stereocenters. The van der Waals surface area contributed by atoms with E-state index in [9.17, 15) is 4.79 Å². The molecular formula is C21H25N3O2. The minimum absolute atomic E-state index is 0.408. The molecule has 0 radical (unpaired) electrons. The smallest absolute Gasteiger partial charge is 0.410 e. The molecule has 1 N–H and O–H groups in total. The third-order valence-corrected chi connectivity index (χ3v) is 5.60. The van der Waals surface area contributed by atoms with Gasteiger partial charge in [-0.15, -0.1) is 0 Å². The second kappa shape index (κ2) is 6.65. The Bertz CT molecular complexity index is 819. The number of anilines is 2. The summed E-state index contributed by atoms with van der Waals surface area (Å²) in [6, 6.07) is 13.8. The molecule has 2 aromatic carbocycles. The van der Waals surface area contributed by atoms with Crippen molar-refractivity contribution in [2.45, 2.75) is 31.8 Å². The van der Waals surface area contributed by atoms with Crippen LogP contribution < -0.4 is 15.0 Å². The third kappa shape index (κ3) is 2.92. The maximum atomic E-state index is 12.2. The average Bonchev–Trinajstić information content (AvgIpc) is 3.15. The van der Waals surface area contributed by atoms with Crippen molar-refractivity contribution in [1.29, 1.82) is 0 Å². The number of likely N-dealkylation sites (N-methyl/N-ethyl adjacent to an activating group) is 2. The molecule has 2 atom stereocenters. The molecule has 136 valence electrons. The first kappa shape index (κ1) is 16.9. The molecule has 5 nitrogen and oxygen atoms in total. The van der Waals surface area contributed by atoms with E-state index in [1.54, 1.807) is 0 Å². The van der Waals surface area contributed by atoms with Gasteiger partial charge in [-0.2, -0.15) is 0 Å². The van der Waals surface area contributed by atoms with Crippen LogP contribution in [0.25, 0.3) is 0 Å². The Morgan fingerprint density at radius 1 is 1.19 bits per heavy atom. The van der Waals surface area contributed by atoms with E-state index in [0.29, 0.717) is 17.8 Å². The van der Waals surface area contributed by atoms with Gasteiger partial charge in [-0.05, 0) is 61.3 Å². The van der Waals surface area contributed by atoms with Crippen LogP contribution in [0.2, 0.25) is 0 Å². The first-order valence-corrected chi connectivity index (χ1v) is 9.21. The molecule has 2 aliphatic rings. The van der Waals surface area contributed by atoms with Crippen LogP contribution in [0, 0.1) is 0 Å². The van der Waals surface area contributed by atoms with Crippen molar-refractivity contribution in [1.82, 2.24) is 4.90 Å². The second-order valence-corrected chi connectivity index (χ2v) is 7.19. The zero-order valence-corrected chi connectivity index (χ0v) is 15.5. The van der Waals surface area contributed by atoms with Gasteiger partial charge in [0.05, 0.1) is 6.17 Å². The number of carbonyl (C=O) groups excluding carboxylic acids is 1. The standard InChI is InChI=1S/C21H25N3O2/c1-4-14-5-7-15(8-6-14)22-21(25)26-16-9-10-19-18(13-16)17-11-12-23(2)20(17)24(19)3/h5-10,13,17,20H,4,11-12H2,1-3H3,(H,22,25). The predicted octanol–water partition coefficient (Wildman–Crippen LogP) is 4.05. The van der Waals surface area contributed by atoms with E-state index in [1.807, 2.05) is 36.4 Å². The highest BCUT2D eigenvalue weighted by Gasteiger charge is 2.43. The molecule has 4 rings (SSSR count). The summed E-state index contributed by atoms with van der Waals surface area (Å²) in [5.74, 6) is 1.07. The van der Waals surface area contributed by atoms with E-state index in [2.05, 4.69) is 42.2 Å². The number of carbonyl (C=O) groups is 1. The zero-order valence-electron chi connectivity index (χ0n) is 15.5. The lowest BCUT2D eigenvalue weighted by Crippen LogP contribution is -2.39. The summed E-state index contributed by atoms with van der Waals surface area (Å²) in [7, 11) is 4.31. The summed E-state index contributed by atoms with van der Waals surface area (Å²) in [6.45, 7) is 3.20. The second-order valence-electron chi connectivity index (χ2n) is 7.19. The first-order chi connectivity index (χ1) is 12.6. The van der Waals surface area contributed by atoms with E-state index in [-0.39, 0.29) is 0 Å². The molecule has 0 saturated carbocycles. The zero-order chi connectivity index (χ0) is 18.3. The Balaban J connectivity index is 1.47. The number of fused-ring (bicyclic) bond motifs is 3. The molecule has 1 fully saturated rings. The van der Waals surface area contributed by atoms with Crippen LogP contribution in [-0.4, -0.2) is 37.8 Å². The SMILES string of the molecule is CCc1ccc(NC(=O)Oc2ccc3c(c2)C2CCN(C)C2N3C)cc1. The van der Waals surface area contributed by atoms with Crippen molar-refractivity contribution in [3.05, 3.63) is 53.6 Å². The highest BCUT2D eigenvalue weighted by atomic mass is 16.6. The molecule has 1 saturated heterocycles. The monoisotopic (exact) mass is 351 g/mol. The topological polar surface area (TPSA) is 44.8 Å². The number of ether oxygens (including phenoxy) is 1. The Morgan fingerprint density at radius 2 is 1.96 bits per heavy atom. The van der Waals surface area contributed by atoms with Crippen molar-refractivity contribution in [3.8, 4) is 5.75 Å². The van der Waals surface area contributed by atoms with E-state index in [4.69, 9.17) is 4.74 Å². The van der Waals surface area contributed by atoms with Crippen molar-refractivity contribution in [2.24, 2.45) is 0 Å². The fourth-order valence-corrected chi connectivity index (χ4v) is 4.24. The van der Waals surface area contributed by atoms with Crippen molar-refractivity contribution >= 4 is 17.5 Å². The van der Waals surface area contributed by atoms with Crippen LogP contribution >= 0.6 is 0 Å². The van der Waals surface area contributed by atoms with E-state index >= 15 is 0 Å². The first-order valence-electron chi connectivity index (χ1n) is 9.21. The predicted molar refractivity (Wildman–Crippen MR) is 104 cm³/mol. The number of likely N-dealkylation sites (tertiary alicyclic amines) is 1. The van der Waals surface area contributed by atoms with Gasteiger partial charge in [0, 0.05) is 30.9 Å². The van der Waals surface area contributed by atoms with Crippen LogP contribution in [0.4, 0.5) is 16.2 Å². The van der Waals surface area contributed by atoms with Crippen molar-refractivity contribution < 1.29 is 9.53 Å². The number of amides is 1. The van der Waals surface area contributed by atoms with Gasteiger partial charge < -0.3 is 9.64 Å². The summed E-state index contributed by atoms with van der Waals surface area (Å²) in [4.78, 5) is 16.9. The number of nitrogens with zero attached hydrogens (tertiary/aromatic N) is 2. The number of nitrogens with one attached hydrogen (secondary N) is 1. The Hall–Kier alpha value is -2.53. The number of hydrogen-bond donors (Lipinski definition) is 1. The van der Waals surface area contributed by atoms with Crippen LogP contribution in [0.5, 0.6) is 5.75 Å². The summed E-state index contributed by atoms with van der Waals surface area (Å²) >= 11 is 0. The molecule has 2 heterocycles. The number of hydrogen-bond acceptors (Lipinski definition) is 4. The van der Waals surface area contributed by atoms with Gasteiger partial charge in [0.15, 0.2) is 0 Å². The summed E-state index contributed by atoms with van der Waals surface area (Å²) in [6.07, 6.45) is 2.07. The molecule has 0 aliphatic carbocycles. The minimum atomic E-state index is -0.458. The summed E-state index contributed by atoms with van der Waals surface area (Å²) < 4.78 is 5.53. The molecular weight excluding hydrogens is 326 g/mol. The summed E-state index contributed by atoms with van der Waals surface area (Å²) in [5, 5.41) is 2.79. The fourth-order valence-electron chi connectivity index (χ4n) is 4.24. The van der Waals surface area contributed by atoms with Crippen molar-refractivity contribution in [3.63, 3.8) is 0 Å². The van der Waals surface area contributed by atoms with Crippen LogP contribution in [0.3, 0.4) is 0 Å². The van der Waals surface area contributed by atoms with Gasteiger partial charge in [0.1, 0.15) is 5.75 Å². The van der Waals surface area contributed by atoms with Gasteiger partial charge in [-0.1, -0.05) is 19.1 Å². The third-order valence-electron chi connectivity index (χ3n) is 5.60. The van der Waals surface area contributed by atoms with Gasteiger partial charge in [0.2, 0.25) is 0 Å². The lowest BCUT2D eigenvalue weighted by Gasteiger charge is -2.28. The maximum Gasteiger partial charge on any atom is 0.417 e. The lowest BCUT2D eigenvalue weighted by atomic mass is 9.98. The molecule has 0 bridgehead atoms. The highest BCUT2D eigenvalue weighted by Crippen LogP contribution is 2.47. The largest absolute Gasteiger partial charge is 0.417 e. The molecule has 0 spiro atoms. The quantitative estimate of drug-likeness (QED) is 0.906. The number of benzene rings is 2. The molecule has 26 heavy (non-hydrogen) atoms. The Morgan fingerprint density at radius 3 is 2.69 bits per heavy atom. The number of aryl methyl sites for hydroxylation is 1. The molecule has 1 amide bonds. The fraction of sp³-hybridized carbons (Fsp3) is 0.381. The number of rotatable bonds is 3. The van der Waals surface area contributed by atoms with Crippen molar-refractivity contribution in [2.75, 3.05) is 30.9 Å². The normalized spacial score (nSPS) is 21.4. The summed E-state index contributed by atoms with van der Waals surface area (Å²) in [5.41, 5.74) is 4.49. The van der Waals surface area contributed by atoms with Crippen LogP contribution in [-0.2, 0) is 6.42 Å². The van der Waals surface area contributed by atoms with E-state index in [0.717, 1.165) is 25.1 Å². The minimum Gasteiger partial charge on any atom is -0.410 e. The molecule has 2 aliphatic heterocycles. The van der Waals surface area contributed by atoms with E-state index in [1.165, 1.54) is 16.8 Å². The van der Waals surface area contributed by atoms with Gasteiger partial charge in [0.25, 0.3) is 0 Å². The molecule has 0 aromatic heterocycles. The van der Waals surface area contributed by atoms with E-state index < -0.39 is 6.09 Å². The Labute approximate surface area is 154 Å². The lowest BCUT2D eigenvalue weighted by molar-refractivity contribution is 0.215. The van der Waals surface area contributed by atoms with Crippen LogP contribution in [0.1, 0.15) is 30.4 Å². The Kier molecular flexibility index (Phi) is 4.32. The van der Waals surface area contributed by atoms with Gasteiger partial charge >= 0.3 is 6.09 Å². The maximum absolute atomic E-state index is 12.2.